The van der Waals surface area contributed by atoms with Gasteiger partial charge in [-0.25, -0.2) is 8.42 Å². The van der Waals surface area contributed by atoms with Gasteiger partial charge in [0.05, 0.1) is 17.9 Å². The highest BCUT2D eigenvalue weighted by molar-refractivity contribution is 7.96. The standard InChI is InChI=1S/C19H30N4O8S3/c1-5-22(17(24)9-7-6-8-10-31-23(25)26)16-11-14(2)33(27,28)19-15(16)12-18(32-19)34(29,30)20-13-21(3)4/h12-14,16H,5-11H2,1-4H3. The Morgan fingerprint density at radius 3 is 2.62 bits per heavy atom. The van der Waals surface area contributed by atoms with Crippen LogP contribution in [0.2, 0.25) is 0 Å². The molecule has 0 saturated heterocycles. The molecule has 15 heteroatoms. The number of unbranched alkanes of at least 4 members (excludes halogenated alkanes) is 2. The molecule has 0 aromatic carbocycles. The first kappa shape index (κ1) is 28.0. The molecule has 2 rings (SSSR count). The van der Waals surface area contributed by atoms with Crippen molar-refractivity contribution in [1.82, 2.24) is 9.80 Å². The molecule has 1 amide bonds. The van der Waals surface area contributed by atoms with E-state index in [9.17, 15) is 31.7 Å². The second-order valence-electron chi connectivity index (χ2n) is 8.12. The third kappa shape index (κ3) is 6.66. The van der Waals surface area contributed by atoms with Crippen LogP contribution in [0.25, 0.3) is 0 Å². The number of carbonyl (C=O) groups excluding carboxylic acids is 1. The van der Waals surface area contributed by atoms with Crippen molar-refractivity contribution in [1.29, 1.82) is 0 Å². The fourth-order valence-corrected chi connectivity index (χ4v) is 8.49. The highest BCUT2D eigenvalue weighted by atomic mass is 32.3. The van der Waals surface area contributed by atoms with E-state index in [4.69, 9.17) is 0 Å². The van der Waals surface area contributed by atoms with Crippen LogP contribution in [0, 0.1) is 10.1 Å². The molecule has 1 aromatic heterocycles. The number of rotatable bonds is 12. The molecule has 0 fully saturated rings. The minimum atomic E-state index is -4.10. The number of sulfone groups is 1. The Bertz CT molecular complexity index is 1130. The Hall–Kier alpha value is -2.26. The van der Waals surface area contributed by atoms with E-state index < -0.39 is 36.2 Å². The zero-order chi connectivity index (χ0) is 25.7. The first-order valence-electron chi connectivity index (χ1n) is 10.7. The Balaban J connectivity index is 2.28. The third-order valence-corrected chi connectivity index (χ3v) is 10.9. The number of thiophene rings is 1. The zero-order valence-corrected chi connectivity index (χ0v) is 22.0. The van der Waals surface area contributed by atoms with Crippen LogP contribution in [0.4, 0.5) is 0 Å². The summed E-state index contributed by atoms with van der Waals surface area (Å²) in [7, 11) is -4.62. The molecule has 0 bridgehead atoms. The lowest BCUT2D eigenvalue weighted by atomic mass is 10.0. The van der Waals surface area contributed by atoms with Gasteiger partial charge in [0.25, 0.3) is 15.1 Å². The average Bonchev–Trinajstić information content (AvgIpc) is 3.21. The molecule has 1 aliphatic rings. The zero-order valence-electron chi connectivity index (χ0n) is 19.5. The number of hydrogen-bond donors (Lipinski definition) is 0. The summed E-state index contributed by atoms with van der Waals surface area (Å²) in [6.07, 6.45) is 2.95. The van der Waals surface area contributed by atoms with Crippen LogP contribution in [-0.4, -0.2) is 76.5 Å². The van der Waals surface area contributed by atoms with Crippen LogP contribution < -0.4 is 0 Å². The van der Waals surface area contributed by atoms with Crippen molar-refractivity contribution in [2.45, 2.75) is 65.7 Å². The van der Waals surface area contributed by atoms with E-state index in [2.05, 4.69) is 9.24 Å². The molecule has 0 aliphatic carbocycles. The molecule has 0 N–H and O–H groups in total. The van der Waals surface area contributed by atoms with E-state index in [0.29, 0.717) is 42.7 Å². The number of hydrogen-bond acceptors (Lipinski definition) is 9. The third-order valence-electron chi connectivity index (χ3n) is 5.34. The summed E-state index contributed by atoms with van der Waals surface area (Å²) in [5.41, 5.74) is 0.302. The summed E-state index contributed by atoms with van der Waals surface area (Å²) in [4.78, 5) is 30.4. The lowest BCUT2D eigenvalue weighted by Crippen LogP contribution is -2.40. The van der Waals surface area contributed by atoms with Crippen LogP contribution in [0.5, 0.6) is 0 Å². The highest BCUT2D eigenvalue weighted by Gasteiger charge is 2.42. The van der Waals surface area contributed by atoms with Gasteiger partial charge in [-0.3, -0.25) is 4.79 Å². The summed E-state index contributed by atoms with van der Waals surface area (Å²) in [6.45, 7) is 3.61. The molecule has 12 nitrogen and oxygen atoms in total. The van der Waals surface area contributed by atoms with Crippen molar-refractivity contribution in [2.24, 2.45) is 4.40 Å². The van der Waals surface area contributed by atoms with Crippen LogP contribution in [-0.2, 0) is 29.5 Å². The van der Waals surface area contributed by atoms with E-state index in [1.807, 2.05) is 0 Å². The van der Waals surface area contributed by atoms with Crippen molar-refractivity contribution in [2.75, 3.05) is 27.2 Å². The van der Waals surface area contributed by atoms with Crippen LogP contribution in [0.1, 0.15) is 57.6 Å². The van der Waals surface area contributed by atoms with Crippen molar-refractivity contribution in [3.8, 4) is 0 Å². The second kappa shape index (κ2) is 11.4. The van der Waals surface area contributed by atoms with Crippen molar-refractivity contribution < 1.29 is 31.6 Å². The summed E-state index contributed by atoms with van der Waals surface area (Å²) in [5, 5.41) is 8.53. The van der Waals surface area contributed by atoms with Crippen molar-refractivity contribution in [3.05, 3.63) is 21.7 Å². The second-order valence-corrected chi connectivity index (χ2v) is 13.6. The Morgan fingerprint density at radius 2 is 2.03 bits per heavy atom. The number of nitrogens with zero attached hydrogens (tertiary/aromatic N) is 4. The van der Waals surface area contributed by atoms with E-state index >= 15 is 0 Å². The number of amides is 1. The van der Waals surface area contributed by atoms with Gasteiger partial charge in [0.1, 0.15) is 14.8 Å². The van der Waals surface area contributed by atoms with E-state index in [0.717, 1.165) is 6.34 Å². The summed E-state index contributed by atoms with van der Waals surface area (Å²) >= 11 is 0.662. The smallest absolute Gasteiger partial charge is 0.294 e. The Kier molecular flexibility index (Phi) is 9.42. The van der Waals surface area contributed by atoms with Gasteiger partial charge >= 0.3 is 0 Å². The van der Waals surface area contributed by atoms with Crippen molar-refractivity contribution in [3.63, 3.8) is 0 Å². The van der Waals surface area contributed by atoms with Gasteiger partial charge in [-0.2, -0.15) is 8.42 Å². The summed E-state index contributed by atoms with van der Waals surface area (Å²) in [6, 6.07) is 0.739. The summed E-state index contributed by atoms with van der Waals surface area (Å²) in [5.74, 6) is -0.193. The molecule has 2 heterocycles. The minimum absolute atomic E-state index is 0.0392. The molecule has 0 radical (unpaired) electrons. The first-order chi connectivity index (χ1) is 15.8. The molecule has 2 atom stereocenters. The fraction of sp³-hybridized carbons (Fsp3) is 0.684. The topological polar surface area (TPSA) is 157 Å². The molecular weight excluding hydrogens is 508 g/mol. The Morgan fingerprint density at radius 1 is 1.35 bits per heavy atom. The number of sulfonamides is 1. The van der Waals surface area contributed by atoms with Crippen molar-refractivity contribution >= 4 is 43.4 Å². The van der Waals surface area contributed by atoms with Gasteiger partial charge in [0, 0.05) is 32.6 Å². The predicted molar refractivity (Wildman–Crippen MR) is 126 cm³/mol. The van der Waals surface area contributed by atoms with Gasteiger partial charge < -0.3 is 14.6 Å². The van der Waals surface area contributed by atoms with E-state index in [1.165, 1.54) is 11.0 Å². The largest absolute Gasteiger partial charge is 0.368 e. The summed E-state index contributed by atoms with van der Waals surface area (Å²) < 4.78 is 54.6. The molecule has 1 aromatic rings. The predicted octanol–water partition coefficient (Wildman–Crippen LogP) is 2.25. The van der Waals surface area contributed by atoms with Crippen LogP contribution >= 0.6 is 11.3 Å². The fourth-order valence-electron chi connectivity index (χ4n) is 3.61. The Labute approximate surface area is 203 Å². The molecule has 2 unspecified atom stereocenters. The van der Waals surface area contributed by atoms with Gasteiger partial charge in [-0.05, 0) is 39.2 Å². The lowest BCUT2D eigenvalue weighted by molar-refractivity contribution is -0.757. The minimum Gasteiger partial charge on any atom is -0.368 e. The molecule has 1 aliphatic heterocycles. The van der Waals surface area contributed by atoms with Gasteiger partial charge in [-0.1, -0.05) is 6.42 Å². The quantitative estimate of drug-likeness (QED) is 0.128. The molecule has 0 saturated carbocycles. The normalized spacial score (nSPS) is 19.5. The van der Waals surface area contributed by atoms with Gasteiger partial charge in [0.15, 0.2) is 9.84 Å². The molecular formula is C19H30N4O8S3. The highest BCUT2D eigenvalue weighted by Crippen LogP contribution is 2.45. The van der Waals surface area contributed by atoms with Crippen LogP contribution in [0.15, 0.2) is 18.9 Å². The van der Waals surface area contributed by atoms with Crippen LogP contribution in [0.3, 0.4) is 0 Å². The molecule has 34 heavy (non-hydrogen) atoms. The molecule has 0 spiro atoms. The number of fused-ring (bicyclic) bond motifs is 1. The monoisotopic (exact) mass is 538 g/mol. The maximum absolute atomic E-state index is 13.0. The maximum atomic E-state index is 13.0. The van der Waals surface area contributed by atoms with E-state index in [1.54, 1.807) is 32.8 Å². The van der Waals surface area contributed by atoms with Gasteiger partial charge in [-0.15, -0.1) is 25.8 Å². The SMILES string of the molecule is CCN(C(=O)CCCCCO[N+](=O)[O-])C1CC(C)S(=O)(=O)c2sc(S(=O)(=O)N=CN(C)C)cc21. The lowest BCUT2D eigenvalue weighted by Gasteiger charge is -2.36. The first-order valence-corrected chi connectivity index (χ1v) is 14.5. The maximum Gasteiger partial charge on any atom is 0.294 e. The average molecular weight is 539 g/mol. The van der Waals surface area contributed by atoms with Gasteiger partial charge in [0.2, 0.25) is 5.91 Å². The molecule has 192 valence electrons. The number of carbonyl (C=O) groups is 1. The van der Waals surface area contributed by atoms with E-state index in [-0.39, 0.29) is 33.8 Å².